The van der Waals surface area contributed by atoms with E-state index in [4.69, 9.17) is 16.7 Å². The van der Waals surface area contributed by atoms with E-state index in [1.807, 2.05) is 6.92 Å². The van der Waals surface area contributed by atoms with Crippen LogP contribution in [0.2, 0.25) is 5.02 Å². The minimum Gasteiger partial charge on any atom is -0.481 e. The lowest BCUT2D eigenvalue weighted by molar-refractivity contribution is -0.145. The Morgan fingerprint density at radius 3 is 2.83 bits per heavy atom. The summed E-state index contributed by atoms with van der Waals surface area (Å²) in [6.45, 7) is 2.54. The fourth-order valence-electron chi connectivity index (χ4n) is 3.13. The molecular formula is C16H16ClFN2O3. The molecule has 0 saturated carbocycles. The normalized spacial score (nSPS) is 21.6. The van der Waals surface area contributed by atoms with Crippen LogP contribution in [0.3, 0.4) is 0 Å². The lowest BCUT2D eigenvalue weighted by atomic mass is 9.87. The monoisotopic (exact) mass is 338 g/mol. The number of rotatable bonds is 2. The van der Waals surface area contributed by atoms with Crippen LogP contribution in [0.4, 0.5) is 4.39 Å². The summed E-state index contributed by atoms with van der Waals surface area (Å²) < 4.78 is 13.3. The van der Waals surface area contributed by atoms with Gasteiger partial charge in [-0.15, -0.1) is 0 Å². The Bertz CT molecular complexity index is 789. The quantitative estimate of drug-likeness (QED) is 0.883. The number of benzene rings is 1. The van der Waals surface area contributed by atoms with E-state index in [1.165, 1.54) is 18.2 Å². The number of likely N-dealkylation sites (tertiary alicyclic amines) is 1. The SMILES string of the molecule is CC1CN(C(=O)c2[nH]c3ccc(F)cc3c2Cl)CCC1C(=O)O. The largest absolute Gasteiger partial charge is 0.481 e. The second kappa shape index (κ2) is 5.85. The third-order valence-electron chi connectivity index (χ3n) is 4.42. The van der Waals surface area contributed by atoms with E-state index < -0.39 is 17.7 Å². The number of aromatic amines is 1. The van der Waals surface area contributed by atoms with Crippen molar-refractivity contribution in [2.45, 2.75) is 13.3 Å². The molecule has 0 spiro atoms. The van der Waals surface area contributed by atoms with Crippen molar-refractivity contribution in [3.05, 3.63) is 34.7 Å². The molecule has 23 heavy (non-hydrogen) atoms. The van der Waals surface area contributed by atoms with E-state index in [-0.39, 0.29) is 22.5 Å². The molecule has 1 aromatic carbocycles. The number of halogens is 2. The number of carbonyl (C=O) groups is 2. The summed E-state index contributed by atoms with van der Waals surface area (Å²) in [5.41, 5.74) is 0.807. The number of carbonyl (C=O) groups excluding carboxylic acids is 1. The zero-order chi connectivity index (χ0) is 16.7. The minimum absolute atomic E-state index is 0.134. The van der Waals surface area contributed by atoms with Gasteiger partial charge in [-0.2, -0.15) is 0 Å². The average molecular weight is 339 g/mol. The first-order valence-corrected chi connectivity index (χ1v) is 7.75. The molecule has 2 N–H and O–H groups in total. The minimum atomic E-state index is -0.830. The number of aromatic nitrogens is 1. The number of nitrogens with one attached hydrogen (secondary N) is 1. The van der Waals surface area contributed by atoms with Crippen LogP contribution in [-0.4, -0.2) is 40.0 Å². The number of nitrogens with zero attached hydrogens (tertiary/aromatic N) is 1. The number of hydrogen-bond acceptors (Lipinski definition) is 2. The molecule has 3 rings (SSSR count). The predicted octanol–water partition coefficient (Wildman–Crippen LogP) is 3.14. The summed E-state index contributed by atoms with van der Waals surface area (Å²) in [5.74, 6) is -2.11. The van der Waals surface area contributed by atoms with Gasteiger partial charge in [0.05, 0.1) is 10.9 Å². The molecule has 122 valence electrons. The number of H-pyrrole nitrogens is 1. The number of carboxylic acid groups (broad SMARTS) is 1. The summed E-state index contributed by atoms with van der Waals surface area (Å²) in [4.78, 5) is 28.3. The molecule has 0 aliphatic carbocycles. The van der Waals surface area contributed by atoms with Gasteiger partial charge in [-0.1, -0.05) is 18.5 Å². The zero-order valence-electron chi connectivity index (χ0n) is 12.5. The number of hydrogen-bond donors (Lipinski definition) is 2. The van der Waals surface area contributed by atoms with Gasteiger partial charge >= 0.3 is 5.97 Å². The maximum absolute atomic E-state index is 13.3. The summed E-state index contributed by atoms with van der Waals surface area (Å²) in [6.07, 6.45) is 0.411. The van der Waals surface area contributed by atoms with Crippen LogP contribution in [0.5, 0.6) is 0 Å². The highest BCUT2D eigenvalue weighted by Gasteiger charge is 2.34. The maximum atomic E-state index is 13.3. The molecule has 2 aromatic rings. The van der Waals surface area contributed by atoms with Crippen molar-refractivity contribution in [3.63, 3.8) is 0 Å². The number of fused-ring (bicyclic) bond motifs is 1. The highest BCUT2D eigenvalue weighted by molar-refractivity contribution is 6.38. The summed E-state index contributed by atoms with van der Waals surface area (Å²) in [7, 11) is 0. The zero-order valence-corrected chi connectivity index (χ0v) is 13.2. The molecule has 1 aliphatic rings. The van der Waals surface area contributed by atoms with Crippen LogP contribution in [0.1, 0.15) is 23.8 Å². The second-order valence-electron chi connectivity index (χ2n) is 5.97. The molecule has 5 nitrogen and oxygen atoms in total. The smallest absolute Gasteiger partial charge is 0.306 e. The molecule has 1 fully saturated rings. The first-order valence-electron chi connectivity index (χ1n) is 7.37. The van der Waals surface area contributed by atoms with Crippen LogP contribution < -0.4 is 0 Å². The molecular weight excluding hydrogens is 323 g/mol. The Balaban J connectivity index is 1.87. The highest BCUT2D eigenvalue weighted by atomic mass is 35.5. The Kier molecular flexibility index (Phi) is 4.02. The van der Waals surface area contributed by atoms with Crippen molar-refractivity contribution in [2.24, 2.45) is 11.8 Å². The van der Waals surface area contributed by atoms with E-state index in [9.17, 15) is 14.0 Å². The van der Waals surface area contributed by atoms with Crippen molar-refractivity contribution in [1.82, 2.24) is 9.88 Å². The third kappa shape index (κ3) is 2.79. The van der Waals surface area contributed by atoms with E-state index in [0.717, 1.165) is 0 Å². The standard InChI is InChI=1S/C16H16ClFN2O3/c1-8-7-20(5-4-10(8)16(22)23)15(21)14-13(17)11-6-9(18)2-3-12(11)19-14/h2-3,6,8,10,19H,4-5,7H2,1H3,(H,22,23). The van der Waals surface area contributed by atoms with E-state index >= 15 is 0 Å². The Morgan fingerprint density at radius 1 is 1.43 bits per heavy atom. The molecule has 2 atom stereocenters. The van der Waals surface area contributed by atoms with Gasteiger partial charge in [0.25, 0.3) is 5.91 Å². The van der Waals surface area contributed by atoms with Crippen molar-refractivity contribution in [1.29, 1.82) is 0 Å². The Labute approximate surface area is 137 Å². The molecule has 1 aromatic heterocycles. The van der Waals surface area contributed by atoms with Crippen LogP contribution in [-0.2, 0) is 4.79 Å². The number of aliphatic carboxylic acids is 1. The van der Waals surface area contributed by atoms with Gasteiger partial charge in [0.15, 0.2) is 0 Å². The lowest BCUT2D eigenvalue weighted by Crippen LogP contribution is -2.45. The molecule has 1 aliphatic heterocycles. The topological polar surface area (TPSA) is 73.4 Å². The fraction of sp³-hybridized carbons (Fsp3) is 0.375. The number of piperidine rings is 1. The van der Waals surface area contributed by atoms with Crippen LogP contribution in [0, 0.1) is 17.7 Å². The van der Waals surface area contributed by atoms with Crippen molar-refractivity contribution < 1.29 is 19.1 Å². The first-order chi connectivity index (χ1) is 10.9. The molecule has 2 unspecified atom stereocenters. The Morgan fingerprint density at radius 2 is 2.17 bits per heavy atom. The van der Waals surface area contributed by atoms with E-state index in [1.54, 1.807) is 4.90 Å². The predicted molar refractivity (Wildman–Crippen MR) is 84.1 cm³/mol. The van der Waals surface area contributed by atoms with Crippen LogP contribution >= 0.6 is 11.6 Å². The third-order valence-corrected chi connectivity index (χ3v) is 4.81. The summed E-state index contributed by atoms with van der Waals surface area (Å²) >= 11 is 6.22. The van der Waals surface area contributed by atoms with Gasteiger partial charge in [0.2, 0.25) is 0 Å². The van der Waals surface area contributed by atoms with Crippen molar-refractivity contribution in [2.75, 3.05) is 13.1 Å². The Hall–Kier alpha value is -2.08. The molecule has 7 heteroatoms. The fourth-order valence-corrected chi connectivity index (χ4v) is 3.42. The molecule has 1 saturated heterocycles. The molecule has 2 heterocycles. The molecule has 1 amide bonds. The summed E-state index contributed by atoms with van der Waals surface area (Å²) in [5, 5.41) is 9.80. The lowest BCUT2D eigenvalue weighted by Gasteiger charge is -2.34. The van der Waals surface area contributed by atoms with Gasteiger partial charge in [0, 0.05) is 24.0 Å². The highest BCUT2D eigenvalue weighted by Crippen LogP contribution is 2.31. The second-order valence-corrected chi connectivity index (χ2v) is 6.34. The van der Waals surface area contributed by atoms with Gasteiger partial charge in [-0.05, 0) is 30.5 Å². The van der Waals surface area contributed by atoms with Gasteiger partial charge in [-0.3, -0.25) is 9.59 Å². The van der Waals surface area contributed by atoms with E-state index in [2.05, 4.69) is 4.98 Å². The van der Waals surface area contributed by atoms with Crippen LogP contribution in [0.25, 0.3) is 10.9 Å². The first kappa shape index (κ1) is 15.8. The maximum Gasteiger partial charge on any atom is 0.306 e. The van der Waals surface area contributed by atoms with Crippen LogP contribution in [0.15, 0.2) is 18.2 Å². The van der Waals surface area contributed by atoms with Gasteiger partial charge in [0.1, 0.15) is 11.5 Å². The molecule has 0 radical (unpaired) electrons. The average Bonchev–Trinajstić information content (AvgIpc) is 2.83. The van der Waals surface area contributed by atoms with E-state index in [0.29, 0.717) is 30.4 Å². The van der Waals surface area contributed by atoms with Crippen molar-refractivity contribution in [3.8, 4) is 0 Å². The summed E-state index contributed by atoms with van der Waals surface area (Å²) in [6, 6.07) is 4.11. The van der Waals surface area contributed by atoms with Gasteiger partial charge in [-0.25, -0.2) is 4.39 Å². The number of carboxylic acids is 1. The molecule has 0 bridgehead atoms. The van der Waals surface area contributed by atoms with Gasteiger partial charge < -0.3 is 15.0 Å². The number of amides is 1. The van der Waals surface area contributed by atoms with Crippen molar-refractivity contribution >= 4 is 34.4 Å².